The monoisotopic (exact) mass is 308 g/mol. The second kappa shape index (κ2) is 6.45. The zero-order chi connectivity index (χ0) is 15.4. The summed E-state index contributed by atoms with van der Waals surface area (Å²) in [4.78, 5) is 15.4. The minimum absolute atomic E-state index is 0.254. The molecule has 0 radical (unpaired) electrons. The minimum Gasteiger partial charge on any atom is -0.493 e. The van der Waals surface area contributed by atoms with Crippen molar-refractivity contribution in [2.75, 3.05) is 19.5 Å². The third-order valence-corrected chi connectivity index (χ3v) is 3.99. The zero-order valence-corrected chi connectivity index (χ0v) is 12.8. The largest absolute Gasteiger partial charge is 0.493 e. The van der Waals surface area contributed by atoms with Crippen LogP contribution in [0.2, 0.25) is 0 Å². The molecule has 0 aliphatic rings. The van der Waals surface area contributed by atoms with Gasteiger partial charge in [-0.15, -0.1) is 0 Å². The number of carbonyl (C=O) groups is 1. The number of methoxy groups -OCH3 is 2. The van der Waals surface area contributed by atoms with E-state index in [0.717, 1.165) is 16.9 Å². The van der Waals surface area contributed by atoms with E-state index in [-0.39, 0.29) is 4.88 Å². The lowest BCUT2D eigenvalue weighted by molar-refractivity contribution is 0.0701. The van der Waals surface area contributed by atoms with Crippen molar-refractivity contribution < 1.29 is 19.4 Å². The van der Waals surface area contributed by atoms with Gasteiger partial charge in [0.05, 0.1) is 19.9 Å². The van der Waals surface area contributed by atoms with Crippen LogP contribution in [0, 0.1) is 6.92 Å². The zero-order valence-electron chi connectivity index (χ0n) is 12.0. The highest BCUT2D eigenvalue weighted by Crippen LogP contribution is 2.28. The van der Waals surface area contributed by atoms with Crippen LogP contribution in [0.3, 0.4) is 0 Å². The van der Waals surface area contributed by atoms with Crippen LogP contribution in [0.15, 0.2) is 18.2 Å². The van der Waals surface area contributed by atoms with Crippen LogP contribution in [0.1, 0.15) is 20.9 Å². The molecule has 6 nitrogen and oxygen atoms in total. The Morgan fingerprint density at radius 2 is 2.05 bits per heavy atom. The Morgan fingerprint density at radius 3 is 2.62 bits per heavy atom. The summed E-state index contributed by atoms with van der Waals surface area (Å²) in [6, 6.07) is 5.60. The second-order valence-electron chi connectivity index (χ2n) is 4.28. The number of nitrogens with zero attached hydrogens (tertiary/aromatic N) is 1. The summed E-state index contributed by atoms with van der Waals surface area (Å²) < 4.78 is 10.4. The van der Waals surface area contributed by atoms with Gasteiger partial charge in [0.15, 0.2) is 16.6 Å². The number of thiazole rings is 1. The fourth-order valence-corrected chi connectivity index (χ4v) is 2.64. The Balaban J connectivity index is 2.09. The summed E-state index contributed by atoms with van der Waals surface area (Å²) in [6.07, 6.45) is 0. The van der Waals surface area contributed by atoms with Crippen molar-refractivity contribution >= 4 is 22.4 Å². The smallest absolute Gasteiger partial charge is 0.347 e. The first-order valence-corrected chi connectivity index (χ1v) is 7.02. The van der Waals surface area contributed by atoms with Crippen LogP contribution in [0.4, 0.5) is 5.13 Å². The number of carboxylic acid groups (broad SMARTS) is 1. The third-order valence-electron chi connectivity index (χ3n) is 2.88. The molecule has 0 atom stereocenters. The highest BCUT2D eigenvalue weighted by Gasteiger charge is 2.13. The molecule has 0 amide bonds. The van der Waals surface area contributed by atoms with Crippen LogP contribution in [0.25, 0.3) is 0 Å². The molecule has 0 aliphatic heterocycles. The molecule has 0 aliphatic carbocycles. The molecule has 2 rings (SSSR count). The van der Waals surface area contributed by atoms with Crippen LogP contribution in [0.5, 0.6) is 11.5 Å². The topological polar surface area (TPSA) is 80.7 Å². The van der Waals surface area contributed by atoms with Gasteiger partial charge in [0.1, 0.15) is 4.88 Å². The lowest BCUT2D eigenvalue weighted by atomic mass is 10.2. The maximum absolute atomic E-state index is 11.0. The van der Waals surface area contributed by atoms with Crippen LogP contribution < -0.4 is 14.8 Å². The Hall–Kier alpha value is -2.28. The van der Waals surface area contributed by atoms with E-state index in [1.807, 2.05) is 18.2 Å². The first-order valence-electron chi connectivity index (χ1n) is 6.20. The average molecular weight is 308 g/mol. The number of nitrogens with one attached hydrogen (secondary N) is 1. The molecule has 0 fully saturated rings. The average Bonchev–Trinajstić information content (AvgIpc) is 2.86. The van der Waals surface area contributed by atoms with Crippen molar-refractivity contribution in [2.45, 2.75) is 13.5 Å². The molecule has 2 N–H and O–H groups in total. The minimum atomic E-state index is -0.954. The number of hydrogen-bond donors (Lipinski definition) is 2. The number of carboxylic acids is 1. The molecule has 1 aromatic carbocycles. The predicted octanol–water partition coefficient (Wildman–Crippen LogP) is 2.78. The van der Waals surface area contributed by atoms with Gasteiger partial charge < -0.3 is 19.9 Å². The Kier molecular flexibility index (Phi) is 4.64. The molecule has 0 unspecified atom stereocenters. The lowest BCUT2D eigenvalue weighted by Gasteiger charge is -2.09. The SMILES string of the molecule is COc1ccc(CNc2nc(C)c(C(=O)O)s2)cc1OC. The maximum Gasteiger partial charge on any atom is 0.347 e. The van der Waals surface area contributed by atoms with Crippen LogP contribution in [-0.2, 0) is 6.54 Å². The van der Waals surface area contributed by atoms with E-state index in [0.29, 0.717) is 28.9 Å². The first-order chi connectivity index (χ1) is 10.0. The fourth-order valence-electron chi connectivity index (χ4n) is 1.84. The quantitative estimate of drug-likeness (QED) is 0.854. The maximum atomic E-state index is 11.0. The van der Waals surface area contributed by atoms with Crippen molar-refractivity contribution in [1.82, 2.24) is 4.98 Å². The van der Waals surface area contributed by atoms with Gasteiger partial charge in [-0.05, 0) is 24.6 Å². The molecule has 1 aromatic heterocycles. The van der Waals surface area contributed by atoms with Gasteiger partial charge in [0.2, 0.25) is 0 Å². The third kappa shape index (κ3) is 3.43. The number of hydrogen-bond acceptors (Lipinski definition) is 6. The van der Waals surface area contributed by atoms with E-state index < -0.39 is 5.97 Å². The number of rotatable bonds is 6. The number of aryl methyl sites for hydroxylation is 1. The molecule has 112 valence electrons. The molecular weight excluding hydrogens is 292 g/mol. The molecule has 0 bridgehead atoms. The van der Waals surface area contributed by atoms with E-state index in [2.05, 4.69) is 10.3 Å². The van der Waals surface area contributed by atoms with Crippen LogP contribution >= 0.6 is 11.3 Å². The van der Waals surface area contributed by atoms with Gasteiger partial charge in [-0.2, -0.15) is 0 Å². The van der Waals surface area contributed by atoms with Gasteiger partial charge in [-0.1, -0.05) is 17.4 Å². The van der Waals surface area contributed by atoms with Crippen molar-refractivity contribution in [3.05, 3.63) is 34.3 Å². The standard InChI is InChI=1S/C14H16N2O4S/c1-8-12(13(17)18)21-14(16-8)15-7-9-4-5-10(19-2)11(6-9)20-3/h4-6H,7H2,1-3H3,(H,15,16)(H,17,18). The number of aromatic nitrogens is 1. The molecule has 0 spiro atoms. The normalized spacial score (nSPS) is 10.2. The summed E-state index contributed by atoms with van der Waals surface area (Å²) in [5.74, 6) is 0.363. The molecule has 2 aromatic rings. The van der Waals surface area contributed by atoms with E-state index >= 15 is 0 Å². The lowest BCUT2D eigenvalue weighted by Crippen LogP contribution is -2.00. The predicted molar refractivity (Wildman–Crippen MR) is 80.7 cm³/mol. The summed E-state index contributed by atoms with van der Waals surface area (Å²) in [5.41, 5.74) is 1.50. The van der Waals surface area contributed by atoms with Gasteiger partial charge in [0, 0.05) is 6.54 Å². The Labute approximate surface area is 126 Å². The van der Waals surface area contributed by atoms with Crippen molar-refractivity contribution in [2.24, 2.45) is 0 Å². The van der Waals surface area contributed by atoms with Gasteiger partial charge >= 0.3 is 5.97 Å². The van der Waals surface area contributed by atoms with Crippen molar-refractivity contribution in [1.29, 1.82) is 0 Å². The van der Waals surface area contributed by atoms with E-state index in [1.165, 1.54) is 0 Å². The summed E-state index contributed by atoms with van der Waals surface area (Å²) in [7, 11) is 3.17. The van der Waals surface area contributed by atoms with Gasteiger partial charge in [-0.3, -0.25) is 0 Å². The number of benzene rings is 1. The Bertz CT molecular complexity index is 654. The highest BCUT2D eigenvalue weighted by molar-refractivity contribution is 7.17. The van der Waals surface area contributed by atoms with Gasteiger partial charge in [0.25, 0.3) is 0 Å². The number of anilines is 1. The van der Waals surface area contributed by atoms with Crippen molar-refractivity contribution in [3.63, 3.8) is 0 Å². The molecule has 21 heavy (non-hydrogen) atoms. The highest BCUT2D eigenvalue weighted by atomic mass is 32.1. The van der Waals surface area contributed by atoms with E-state index in [9.17, 15) is 4.79 Å². The van der Waals surface area contributed by atoms with Crippen molar-refractivity contribution in [3.8, 4) is 11.5 Å². The van der Waals surface area contributed by atoms with E-state index in [4.69, 9.17) is 14.6 Å². The Morgan fingerprint density at radius 1 is 1.33 bits per heavy atom. The molecule has 1 heterocycles. The van der Waals surface area contributed by atoms with Gasteiger partial charge in [-0.25, -0.2) is 9.78 Å². The van der Waals surface area contributed by atoms with Crippen LogP contribution in [-0.4, -0.2) is 30.3 Å². The molecule has 0 saturated heterocycles. The van der Waals surface area contributed by atoms with E-state index in [1.54, 1.807) is 21.1 Å². The molecule has 7 heteroatoms. The number of aromatic carboxylic acids is 1. The second-order valence-corrected chi connectivity index (χ2v) is 5.28. The fraction of sp³-hybridized carbons (Fsp3) is 0.286. The summed E-state index contributed by atoms with van der Waals surface area (Å²) in [6.45, 7) is 2.20. The summed E-state index contributed by atoms with van der Waals surface area (Å²) in [5, 5.41) is 12.7. The molecule has 0 saturated carbocycles. The number of ether oxygens (including phenoxy) is 2. The first kappa shape index (κ1) is 15.1. The molecular formula is C14H16N2O4S. The summed E-state index contributed by atoms with van der Waals surface area (Å²) >= 11 is 1.13.